The summed E-state index contributed by atoms with van der Waals surface area (Å²) in [5, 5.41) is 21.5. The van der Waals surface area contributed by atoms with Crippen LogP contribution in [0.2, 0.25) is 0 Å². The van der Waals surface area contributed by atoms with E-state index in [0.29, 0.717) is 26.9 Å². The van der Waals surface area contributed by atoms with E-state index in [0.717, 1.165) is 0 Å². The van der Waals surface area contributed by atoms with Crippen molar-refractivity contribution >= 4 is 33.4 Å². The molecule has 2 heterocycles. The molecule has 4 rings (SSSR count). The molecule has 0 saturated carbocycles. The van der Waals surface area contributed by atoms with Gasteiger partial charge in [0.2, 0.25) is 0 Å². The second-order valence-electron chi connectivity index (χ2n) is 7.57. The summed E-state index contributed by atoms with van der Waals surface area (Å²) in [6.07, 6.45) is 3.21. The lowest BCUT2D eigenvalue weighted by atomic mass is 9.94. The molecule has 1 atom stereocenters. The number of Topliss-reactive ketones (excluding diaryl/α,β-unsaturated/α-hetero) is 1. The summed E-state index contributed by atoms with van der Waals surface area (Å²) >= 11 is 3.30. The fourth-order valence-corrected chi connectivity index (χ4v) is 4.37. The molecule has 0 aliphatic carbocycles. The number of phenolic OH excluding ortho intramolecular Hbond substituents is 1. The van der Waals surface area contributed by atoms with Gasteiger partial charge in [0.25, 0.3) is 11.7 Å². The van der Waals surface area contributed by atoms with E-state index in [4.69, 9.17) is 9.47 Å². The molecule has 3 aromatic rings. The maximum Gasteiger partial charge on any atom is 0.295 e. The number of rotatable bonds is 6. The van der Waals surface area contributed by atoms with Crippen molar-refractivity contribution in [3.8, 4) is 17.2 Å². The standard InChI is InChI=1S/C25H21BrN2O6/c1-33-17-7-3-6-15(9-17)22(29)20-21(16-10-18(26)23(30)19(11-16)34-2)28(25(32)24(20)31)13-14-5-4-8-27-12-14/h3-12,21,29-30H,13H2,1-2H3. The third-order valence-corrected chi connectivity index (χ3v) is 6.15. The Kier molecular flexibility index (Phi) is 6.56. The quantitative estimate of drug-likeness (QED) is 0.282. The van der Waals surface area contributed by atoms with E-state index in [1.165, 1.54) is 25.2 Å². The highest BCUT2D eigenvalue weighted by Crippen LogP contribution is 2.45. The van der Waals surface area contributed by atoms with Crippen LogP contribution in [-0.4, -0.2) is 46.0 Å². The molecule has 8 nitrogen and oxygen atoms in total. The summed E-state index contributed by atoms with van der Waals surface area (Å²) in [6.45, 7) is 0.0821. The predicted octanol–water partition coefficient (Wildman–Crippen LogP) is 4.19. The highest BCUT2D eigenvalue weighted by Gasteiger charge is 2.46. The topological polar surface area (TPSA) is 109 Å². The number of hydrogen-bond donors (Lipinski definition) is 2. The van der Waals surface area contributed by atoms with Gasteiger partial charge in [-0.1, -0.05) is 18.2 Å². The van der Waals surface area contributed by atoms with Gasteiger partial charge >= 0.3 is 0 Å². The first-order valence-corrected chi connectivity index (χ1v) is 11.0. The van der Waals surface area contributed by atoms with Gasteiger partial charge in [-0.15, -0.1) is 0 Å². The van der Waals surface area contributed by atoms with Crippen LogP contribution in [0.5, 0.6) is 17.2 Å². The van der Waals surface area contributed by atoms with Crippen LogP contribution < -0.4 is 9.47 Å². The zero-order valence-corrected chi connectivity index (χ0v) is 19.9. The van der Waals surface area contributed by atoms with Crippen LogP contribution in [0.1, 0.15) is 22.7 Å². The number of aliphatic hydroxyl groups excluding tert-OH is 1. The van der Waals surface area contributed by atoms with Crippen molar-refractivity contribution in [2.75, 3.05) is 14.2 Å². The molecule has 1 aliphatic heterocycles. The molecule has 1 amide bonds. The number of phenols is 1. The number of ether oxygens (including phenoxy) is 2. The minimum atomic E-state index is -0.947. The van der Waals surface area contributed by atoms with Gasteiger partial charge in [0.15, 0.2) is 11.5 Å². The Morgan fingerprint density at radius 3 is 2.59 bits per heavy atom. The van der Waals surface area contributed by atoms with Crippen LogP contribution in [0.3, 0.4) is 0 Å². The molecule has 1 unspecified atom stereocenters. The molecule has 2 aromatic carbocycles. The molecule has 0 radical (unpaired) electrons. The Balaban J connectivity index is 1.93. The fraction of sp³-hybridized carbons (Fsp3) is 0.160. The van der Waals surface area contributed by atoms with E-state index in [-0.39, 0.29) is 29.4 Å². The molecule has 2 N–H and O–H groups in total. The van der Waals surface area contributed by atoms with Gasteiger partial charge in [-0.05, 0) is 57.4 Å². The highest BCUT2D eigenvalue weighted by atomic mass is 79.9. The Labute approximate surface area is 204 Å². The lowest BCUT2D eigenvalue weighted by molar-refractivity contribution is -0.140. The molecule has 174 valence electrons. The normalized spacial score (nSPS) is 17.1. The van der Waals surface area contributed by atoms with Gasteiger partial charge < -0.3 is 24.6 Å². The van der Waals surface area contributed by atoms with Gasteiger partial charge in [0.05, 0.1) is 30.3 Å². The lowest BCUT2D eigenvalue weighted by Crippen LogP contribution is -2.29. The largest absolute Gasteiger partial charge is 0.507 e. The molecule has 34 heavy (non-hydrogen) atoms. The van der Waals surface area contributed by atoms with Crippen LogP contribution in [0.25, 0.3) is 5.76 Å². The number of carbonyl (C=O) groups is 2. The monoisotopic (exact) mass is 524 g/mol. The van der Waals surface area contributed by atoms with Crippen LogP contribution >= 0.6 is 15.9 Å². The summed E-state index contributed by atoms with van der Waals surface area (Å²) in [5.74, 6) is -1.40. The van der Waals surface area contributed by atoms with E-state index < -0.39 is 17.7 Å². The molecule has 0 bridgehead atoms. The van der Waals surface area contributed by atoms with Crippen molar-refractivity contribution in [1.29, 1.82) is 0 Å². The van der Waals surface area contributed by atoms with Crippen LogP contribution in [0, 0.1) is 0 Å². The number of benzene rings is 2. The van der Waals surface area contributed by atoms with Crippen LogP contribution in [-0.2, 0) is 16.1 Å². The second-order valence-corrected chi connectivity index (χ2v) is 8.43. The minimum Gasteiger partial charge on any atom is -0.507 e. The van der Waals surface area contributed by atoms with Gasteiger partial charge in [-0.2, -0.15) is 0 Å². The third-order valence-electron chi connectivity index (χ3n) is 5.55. The number of likely N-dealkylation sites (tertiary alicyclic amines) is 1. The predicted molar refractivity (Wildman–Crippen MR) is 127 cm³/mol. The van der Waals surface area contributed by atoms with Crippen molar-refractivity contribution in [2.24, 2.45) is 0 Å². The molecule has 9 heteroatoms. The van der Waals surface area contributed by atoms with Crippen LogP contribution in [0.15, 0.2) is 71.0 Å². The first-order valence-electron chi connectivity index (χ1n) is 10.2. The number of aromatic nitrogens is 1. The Bertz CT molecular complexity index is 1290. The van der Waals surface area contributed by atoms with E-state index in [9.17, 15) is 19.8 Å². The maximum absolute atomic E-state index is 13.2. The van der Waals surface area contributed by atoms with Crippen molar-refractivity contribution in [1.82, 2.24) is 9.88 Å². The lowest BCUT2D eigenvalue weighted by Gasteiger charge is -2.26. The van der Waals surface area contributed by atoms with Gasteiger partial charge in [0, 0.05) is 24.5 Å². The Morgan fingerprint density at radius 1 is 1.12 bits per heavy atom. The Hall–Kier alpha value is -3.85. The number of halogens is 1. The van der Waals surface area contributed by atoms with Crippen molar-refractivity contribution < 1.29 is 29.3 Å². The summed E-state index contributed by atoms with van der Waals surface area (Å²) in [6, 6.07) is 12.3. The summed E-state index contributed by atoms with van der Waals surface area (Å²) in [5.41, 5.74) is 1.42. The van der Waals surface area contributed by atoms with Crippen molar-refractivity contribution in [2.45, 2.75) is 12.6 Å². The number of carbonyl (C=O) groups excluding carboxylic acids is 2. The van der Waals surface area contributed by atoms with Gasteiger partial charge in [-0.3, -0.25) is 14.6 Å². The van der Waals surface area contributed by atoms with Gasteiger partial charge in [0.1, 0.15) is 11.5 Å². The van der Waals surface area contributed by atoms with E-state index in [1.807, 2.05) is 0 Å². The molecule has 1 aliphatic rings. The fourth-order valence-electron chi connectivity index (χ4n) is 3.91. The number of hydrogen-bond acceptors (Lipinski definition) is 7. The molecular weight excluding hydrogens is 504 g/mol. The van der Waals surface area contributed by atoms with Crippen molar-refractivity contribution in [3.05, 3.63) is 87.7 Å². The number of ketones is 1. The summed E-state index contributed by atoms with van der Waals surface area (Å²) < 4.78 is 10.8. The number of aliphatic hydroxyl groups is 1. The van der Waals surface area contributed by atoms with Crippen molar-refractivity contribution in [3.63, 3.8) is 0 Å². The summed E-state index contributed by atoms with van der Waals surface area (Å²) in [7, 11) is 2.89. The average Bonchev–Trinajstić information content (AvgIpc) is 3.10. The summed E-state index contributed by atoms with van der Waals surface area (Å²) in [4.78, 5) is 31.8. The molecule has 1 saturated heterocycles. The maximum atomic E-state index is 13.2. The number of nitrogens with zero attached hydrogens (tertiary/aromatic N) is 2. The molecular formula is C25H21BrN2O6. The SMILES string of the molecule is COc1cccc(C(O)=C2C(=O)C(=O)N(Cc3cccnc3)C2c2cc(Br)c(O)c(OC)c2)c1. The van der Waals surface area contributed by atoms with E-state index >= 15 is 0 Å². The second kappa shape index (κ2) is 9.56. The number of pyridine rings is 1. The highest BCUT2D eigenvalue weighted by molar-refractivity contribution is 9.10. The van der Waals surface area contributed by atoms with E-state index in [2.05, 4.69) is 20.9 Å². The van der Waals surface area contributed by atoms with E-state index in [1.54, 1.807) is 54.9 Å². The molecule has 0 spiro atoms. The number of amides is 1. The zero-order chi connectivity index (χ0) is 24.4. The molecule has 1 fully saturated rings. The first-order chi connectivity index (χ1) is 16.3. The smallest absolute Gasteiger partial charge is 0.295 e. The third kappa shape index (κ3) is 4.22. The number of methoxy groups -OCH3 is 2. The Morgan fingerprint density at radius 2 is 1.91 bits per heavy atom. The van der Waals surface area contributed by atoms with Crippen LogP contribution in [0.4, 0.5) is 0 Å². The number of aromatic hydroxyl groups is 1. The first kappa shape index (κ1) is 23.3. The average molecular weight is 525 g/mol. The van der Waals surface area contributed by atoms with Gasteiger partial charge in [-0.25, -0.2) is 0 Å². The zero-order valence-electron chi connectivity index (χ0n) is 18.4. The minimum absolute atomic E-state index is 0.0817. The molecule has 1 aromatic heterocycles.